The first-order valence-corrected chi connectivity index (χ1v) is 6.83. The Kier molecular flexibility index (Phi) is 6.02. The number of aromatic nitrogens is 1. The van der Waals surface area contributed by atoms with E-state index in [1.54, 1.807) is 0 Å². The van der Waals surface area contributed by atoms with Crippen molar-refractivity contribution in [1.29, 1.82) is 0 Å². The standard InChI is InChI=1S/C16H20N2O2/c1-2-17-12-15-11-16(20-18-15)13-19-10-6-9-14-7-4-3-5-8-14/h3-9,11,17H,2,10,12-13H2,1H3. The monoisotopic (exact) mass is 272 g/mol. The molecular weight excluding hydrogens is 252 g/mol. The second kappa shape index (κ2) is 8.30. The van der Waals surface area contributed by atoms with Gasteiger partial charge in [-0.15, -0.1) is 0 Å². The molecule has 0 saturated heterocycles. The number of hydrogen-bond donors (Lipinski definition) is 1. The van der Waals surface area contributed by atoms with Crippen LogP contribution in [0.4, 0.5) is 0 Å². The van der Waals surface area contributed by atoms with Crippen LogP contribution in [0.1, 0.15) is 23.9 Å². The highest BCUT2D eigenvalue weighted by atomic mass is 16.5. The lowest BCUT2D eigenvalue weighted by molar-refractivity contribution is 0.125. The summed E-state index contributed by atoms with van der Waals surface area (Å²) >= 11 is 0. The molecular formula is C16H20N2O2. The van der Waals surface area contributed by atoms with Gasteiger partial charge in [-0.25, -0.2) is 0 Å². The van der Waals surface area contributed by atoms with Gasteiger partial charge in [0, 0.05) is 12.6 Å². The third-order valence-electron chi connectivity index (χ3n) is 2.73. The van der Waals surface area contributed by atoms with Crippen LogP contribution in [0.3, 0.4) is 0 Å². The zero-order valence-electron chi connectivity index (χ0n) is 11.7. The molecule has 1 N–H and O–H groups in total. The first kappa shape index (κ1) is 14.5. The molecule has 0 aliphatic heterocycles. The Bertz CT molecular complexity index is 520. The normalized spacial score (nSPS) is 11.2. The molecule has 0 atom stereocenters. The lowest BCUT2D eigenvalue weighted by atomic mass is 10.2. The summed E-state index contributed by atoms with van der Waals surface area (Å²) in [5.74, 6) is 0.756. The maximum Gasteiger partial charge on any atom is 0.162 e. The minimum absolute atomic E-state index is 0.443. The van der Waals surface area contributed by atoms with Gasteiger partial charge in [0.15, 0.2) is 5.76 Å². The summed E-state index contributed by atoms with van der Waals surface area (Å²) in [7, 11) is 0. The largest absolute Gasteiger partial charge is 0.369 e. The van der Waals surface area contributed by atoms with Crippen molar-refractivity contribution in [3.63, 3.8) is 0 Å². The molecule has 0 spiro atoms. The number of rotatable bonds is 8. The third kappa shape index (κ3) is 4.99. The summed E-state index contributed by atoms with van der Waals surface area (Å²) in [6.45, 7) is 4.70. The summed E-state index contributed by atoms with van der Waals surface area (Å²) in [6, 6.07) is 12.1. The Balaban J connectivity index is 1.68. The molecule has 0 amide bonds. The Labute approximate surface area is 119 Å². The van der Waals surface area contributed by atoms with E-state index in [0.717, 1.165) is 24.5 Å². The summed E-state index contributed by atoms with van der Waals surface area (Å²) in [4.78, 5) is 0. The molecule has 106 valence electrons. The fraction of sp³-hybridized carbons (Fsp3) is 0.312. The van der Waals surface area contributed by atoms with Crippen LogP contribution < -0.4 is 5.32 Å². The zero-order valence-corrected chi connectivity index (χ0v) is 11.7. The highest BCUT2D eigenvalue weighted by molar-refractivity contribution is 5.48. The molecule has 4 heteroatoms. The predicted molar refractivity (Wildman–Crippen MR) is 79.0 cm³/mol. The van der Waals surface area contributed by atoms with Crippen LogP contribution in [0.2, 0.25) is 0 Å². The second-order valence-corrected chi connectivity index (χ2v) is 4.39. The lowest BCUT2D eigenvalue weighted by Gasteiger charge is -1.96. The fourth-order valence-electron chi connectivity index (χ4n) is 1.74. The molecule has 0 aliphatic rings. The van der Waals surface area contributed by atoms with Gasteiger partial charge in [0.1, 0.15) is 6.61 Å². The van der Waals surface area contributed by atoms with Crippen molar-refractivity contribution in [3.8, 4) is 0 Å². The SMILES string of the molecule is CCNCc1cc(COCC=Cc2ccccc2)on1. The van der Waals surface area contributed by atoms with Gasteiger partial charge < -0.3 is 14.6 Å². The van der Waals surface area contributed by atoms with Crippen LogP contribution in [0.5, 0.6) is 0 Å². The van der Waals surface area contributed by atoms with Gasteiger partial charge in [0.2, 0.25) is 0 Å². The van der Waals surface area contributed by atoms with Crippen LogP contribution in [-0.4, -0.2) is 18.3 Å². The molecule has 20 heavy (non-hydrogen) atoms. The first-order valence-electron chi connectivity index (χ1n) is 6.83. The Morgan fingerprint density at radius 2 is 2.15 bits per heavy atom. The molecule has 1 aromatic heterocycles. The quantitative estimate of drug-likeness (QED) is 0.750. The molecule has 2 rings (SSSR count). The van der Waals surface area contributed by atoms with Crippen molar-refractivity contribution < 1.29 is 9.26 Å². The Morgan fingerprint density at radius 3 is 2.95 bits per heavy atom. The van der Waals surface area contributed by atoms with E-state index < -0.39 is 0 Å². The Morgan fingerprint density at radius 1 is 1.30 bits per heavy atom. The van der Waals surface area contributed by atoms with Crippen molar-refractivity contribution >= 4 is 6.08 Å². The highest BCUT2D eigenvalue weighted by Crippen LogP contribution is 2.05. The molecule has 0 fully saturated rings. The van der Waals surface area contributed by atoms with Gasteiger partial charge in [-0.1, -0.05) is 54.6 Å². The summed E-state index contributed by atoms with van der Waals surface area (Å²) in [5.41, 5.74) is 2.08. The molecule has 1 aromatic carbocycles. The molecule has 4 nitrogen and oxygen atoms in total. The topological polar surface area (TPSA) is 47.3 Å². The minimum atomic E-state index is 0.443. The second-order valence-electron chi connectivity index (χ2n) is 4.39. The number of ether oxygens (including phenoxy) is 1. The number of benzene rings is 1. The Hall–Kier alpha value is -1.91. The first-order chi connectivity index (χ1) is 9.88. The zero-order chi connectivity index (χ0) is 14.0. The summed E-state index contributed by atoms with van der Waals surface area (Å²) in [6.07, 6.45) is 4.03. The van der Waals surface area contributed by atoms with Crippen LogP contribution in [-0.2, 0) is 17.9 Å². The van der Waals surface area contributed by atoms with E-state index >= 15 is 0 Å². The molecule has 0 saturated carbocycles. The van der Waals surface area contributed by atoms with Gasteiger partial charge in [-0.3, -0.25) is 0 Å². The average molecular weight is 272 g/mol. The van der Waals surface area contributed by atoms with Gasteiger partial charge in [0.05, 0.1) is 12.3 Å². The van der Waals surface area contributed by atoms with Gasteiger partial charge in [-0.05, 0) is 12.1 Å². The number of hydrogen-bond acceptors (Lipinski definition) is 4. The van der Waals surface area contributed by atoms with E-state index in [9.17, 15) is 0 Å². The van der Waals surface area contributed by atoms with E-state index in [1.807, 2.05) is 36.4 Å². The van der Waals surface area contributed by atoms with E-state index in [4.69, 9.17) is 9.26 Å². The van der Waals surface area contributed by atoms with E-state index in [0.29, 0.717) is 13.2 Å². The third-order valence-corrected chi connectivity index (χ3v) is 2.73. The van der Waals surface area contributed by atoms with Gasteiger partial charge in [0.25, 0.3) is 0 Å². The van der Waals surface area contributed by atoms with Crippen LogP contribution >= 0.6 is 0 Å². The minimum Gasteiger partial charge on any atom is -0.369 e. The van der Waals surface area contributed by atoms with Crippen molar-refractivity contribution in [2.24, 2.45) is 0 Å². The van der Waals surface area contributed by atoms with Crippen molar-refractivity contribution in [3.05, 3.63) is 59.5 Å². The predicted octanol–water partition coefficient (Wildman–Crippen LogP) is 3.01. The molecule has 2 aromatic rings. The van der Waals surface area contributed by atoms with Crippen molar-refractivity contribution in [2.45, 2.75) is 20.1 Å². The molecule has 0 bridgehead atoms. The molecule has 1 heterocycles. The van der Waals surface area contributed by atoms with Crippen molar-refractivity contribution in [1.82, 2.24) is 10.5 Å². The highest BCUT2D eigenvalue weighted by Gasteiger charge is 2.02. The van der Waals surface area contributed by atoms with Gasteiger partial charge in [-0.2, -0.15) is 0 Å². The maximum absolute atomic E-state index is 5.52. The molecule has 0 aliphatic carbocycles. The summed E-state index contributed by atoms with van der Waals surface area (Å²) < 4.78 is 10.7. The van der Waals surface area contributed by atoms with E-state index in [-0.39, 0.29) is 0 Å². The molecule has 0 radical (unpaired) electrons. The maximum atomic E-state index is 5.52. The summed E-state index contributed by atoms with van der Waals surface area (Å²) in [5, 5.41) is 7.16. The smallest absolute Gasteiger partial charge is 0.162 e. The van der Waals surface area contributed by atoms with Crippen LogP contribution in [0.15, 0.2) is 47.0 Å². The average Bonchev–Trinajstić information content (AvgIpc) is 2.94. The number of nitrogens with one attached hydrogen (secondary N) is 1. The number of nitrogens with zero attached hydrogens (tertiary/aromatic N) is 1. The van der Waals surface area contributed by atoms with Crippen LogP contribution in [0.25, 0.3) is 6.08 Å². The molecule has 0 unspecified atom stereocenters. The van der Waals surface area contributed by atoms with E-state index in [1.165, 1.54) is 5.56 Å². The van der Waals surface area contributed by atoms with Crippen molar-refractivity contribution in [2.75, 3.05) is 13.2 Å². The lowest BCUT2D eigenvalue weighted by Crippen LogP contribution is -2.11. The van der Waals surface area contributed by atoms with Gasteiger partial charge >= 0.3 is 0 Å². The van der Waals surface area contributed by atoms with Crippen LogP contribution in [0, 0.1) is 0 Å². The fourth-order valence-corrected chi connectivity index (χ4v) is 1.74. The van der Waals surface area contributed by atoms with E-state index in [2.05, 4.69) is 29.5 Å².